The summed E-state index contributed by atoms with van der Waals surface area (Å²) in [6.07, 6.45) is 2.11. The number of thiocarbonyl (C=S) groups is 1. The molecule has 0 radical (unpaired) electrons. The lowest BCUT2D eigenvalue weighted by Gasteiger charge is -2.13. The van der Waals surface area contributed by atoms with E-state index in [0.29, 0.717) is 46.9 Å². The van der Waals surface area contributed by atoms with E-state index in [1.807, 2.05) is 49.4 Å². The molecule has 9 heteroatoms. The zero-order chi connectivity index (χ0) is 23.1. The molecule has 0 bridgehead atoms. The minimum atomic E-state index is -0.892. The normalized spacial score (nSPS) is 14.8. The summed E-state index contributed by atoms with van der Waals surface area (Å²) in [7, 11) is 0. The van der Waals surface area contributed by atoms with E-state index in [0.717, 1.165) is 15.6 Å². The third-order valence-corrected chi connectivity index (χ3v) is 6.37. The van der Waals surface area contributed by atoms with Crippen molar-refractivity contribution in [1.82, 2.24) is 4.90 Å². The van der Waals surface area contributed by atoms with Crippen molar-refractivity contribution < 1.29 is 24.2 Å². The van der Waals surface area contributed by atoms with E-state index >= 15 is 0 Å². The maximum atomic E-state index is 12.7. The van der Waals surface area contributed by atoms with E-state index < -0.39 is 5.97 Å². The number of nitrogens with zero attached hydrogens (tertiary/aromatic N) is 1. The van der Waals surface area contributed by atoms with Crippen molar-refractivity contribution >= 4 is 62.2 Å². The molecule has 1 heterocycles. The van der Waals surface area contributed by atoms with Crippen molar-refractivity contribution in [3.8, 4) is 11.5 Å². The Morgan fingerprint density at radius 1 is 1.22 bits per heavy atom. The van der Waals surface area contributed by atoms with E-state index in [1.165, 1.54) is 16.7 Å². The number of hydrogen-bond acceptors (Lipinski definition) is 6. The summed E-state index contributed by atoms with van der Waals surface area (Å²) in [6, 6.07) is 13.4. The van der Waals surface area contributed by atoms with Gasteiger partial charge in [-0.15, -0.1) is 0 Å². The molecule has 6 nitrogen and oxygen atoms in total. The van der Waals surface area contributed by atoms with Crippen LogP contribution in [0.25, 0.3) is 6.08 Å². The Morgan fingerprint density at radius 2 is 2.03 bits per heavy atom. The molecule has 168 valence electrons. The lowest BCUT2D eigenvalue weighted by Crippen LogP contribution is -2.29. The number of thioether (sulfide) groups is 1. The number of rotatable bonds is 10. The number of halogens is 1. The van der Waals surface area contributed by atoms with Crippen molar-refractivity contribution in [1.29, 1.82) is 0 Å². The largest absolute Gasteiger partial charge is 0.490 e. The molecule has 0 unspecified atom stereocenters. The second-order valence-electron chi connectivity index (χ2n) is 6.89. The van der Waals surface area contributed by atoms with Crippen molar-refractivity contribution in [2.45, 2.75) is 26.4 Å². The molecule has 1 fully saturated rings. The maximum Gasteiger partial charge on any atom is 0.303 e. The Hall–Kier alpha value is -2.36. The number of hydrogen-bond donors (Lipinski definition) is 1. The van der Waals surface area contributed by atoms with E-state index in [2.05, 4.69) is 15.9 Å². The number of aliphatic carboxylic acids is 1. The fraction of sp³-hybridized carbons (Fsp3) is 0.261. The van der Waals surface area contributed by atoms with Crippen molar-refractivity contribution in [2.24, 2.45) is 0 Å². The van der Waals surface area contributed by atoms with Gasteiger partial charge in [0.2, 0.25) is 0 Å². The molecule has 0 aliphatic carbocycles. The second kappa shape index (κ2) is 11.5. The molecule has 0 saturated carbocycles. The summed E-state index contributed by atoms with van der Waals surface area (Å²) >= 11 is 9.97. The predicted molar refractivity (Wildman–Crippen MR) is 133 cm³/mol. The monoisotopic (exact) mass is 535 g/mol. The van der Waals surface area contributed by atoms with Gasteiger partial charge >= 0.3 is 5.97 Å². The maximum absolute atomic E-state index is 12.7. The number of carbonyl (C=O) groups excluding carboxylic acids is 1. The van der Waals surface area contributed by atoms with Gasteiger partial charge in [0.1, 0.15) is 10.9 Å². The van der Waals surface area contributed by atoms with Crippen LogP contribution >= 0.6 is 39.9 Å². The first-order chi connectivity index (χ1) is 15.4. The van der Waals surface area contributed by atoms with E-state index in [9.17, 15) is 9.59 Å². The lowest BCUT2D eigenvalue weighted by atomic mass is 10.1. The first-order valence-corrected chi connectivity index (χ1v) is 12.0. The van der Waals surface area contributed by atoms with Gasteiger partial charge in [-0.05, 0) is 54.8 Å². The zero-order valence-electron chi connectivity index (χ0n) is 17.4. The molecule has 1 N–H and O–H groups in total. The molecule has 1 aliphatic rings. The summed E-state index contributed by atoms with van der Waals surface area (Å²) in [6.45, 7) is 3.06. The lowest BCUT2D eigenvalue weighted by molar-refractivity contribution is -0.137. The van der Waals surface area contributed by atoms with Gasteiger partial charge in [0.15, 0.2) is 11.5 Å². The van der Waals surface area contributed by atoms with Crippen LogP contribution in [0.15, 0.2) is 51.8 Å². The number of benzene rings is 2. The average molecular weight is 536 g/mol. The second-order valence-corrected chi connectivity index (χ2v) is 9.48. The van der Waals surface area contributed by atoms with Crippen LogP contribution in [0.2, 0.25) is 0 Å². The molecule has 2 aromatic carbocycles. The highest BCUT2D eigenvalue weighted by Crippen LogP contribution is 2.35. The zero-order valence-corrected chi connectivity index (χ0v) is 20.6. The van der Waals surface area contributed by atoms with Crippen LogP contribution in [0.4, 0.5) is 0 Å². The third-order valence-electron chi connectivity index (χ3n) is 4.49. The van der Waals surface area contributed by atoms with Gasteiger partial charge < -0.3 is 14.6 Å². The van der Waals surface area contributed by atoms with Crippen LogP contribution in [0.3, 0.4) is 0 Å². The molecular weight excluding hydrogens is 514 g/mol. The third kappa shape index (κ3) is 6.57. The molecule has 0 spiro atoms. The van der Waals surface area contributed by atoms with Crippen LogP contribution in [0.1, 0.15) is 30.9 Å². The van der Waals surface area contributed by atoms with Crippen molar-refractivity contribution in [3.63, 3.8) is 0 Å². The Kier molecular flexibility index (Phi) is 8.72. The summed E-state index contributed by atoms with van der Waals surface area (Å²) in [5, 5.41) is 8.80. The van der Waals surface area contributed by atoms with Gasteiger partial charge in [-0.25, -0.2) is 0 Å². The Balaban J connectivity index is 1.73. The summed E-state index contributed by atoms with van der Waals surface area (Å²) < 4.78 is 13.1. The first-order valence-electron chi connectivity index (χ1n) is 9.98. The van der Waals surface area contributed by atoms with Crippen LogP contribution in [0.5, 0.6) is 11.5 Å². The summed E-state index contributed by atoms with van der Waals surface area (Å²) in [5.74, 6) is 0.105. The van der Waals surface area contributed by atoms with Crippen LogP contribution in [-0.2, 0) is 16.2 Å². The molecule has 0 atom stereocenters. The molecule has 1 amide bonds. The van der Waals surface area contributed by atoms with E-state index in [1.54, 1.807) is 6.08 Å². The number of amides is 1. The van der Waals surface area contributed by atoms with Gasteiger partial charge in [-0.2, -0.15) is 0 Å². The minimum Gasteiger partial charge on any atom is -0.490 e. The minimum absolute atomic E-state index is 0.00474. The number of carboxylic acid groups (broad SMARTS) is 1. The average Bonchev–Trinajstić information content (AvgIpc) is 3.00. The first kappa shape index (κ1) is 24.3. The van der Waals surface area contributed by atoms with E-state index in [4.69, 9.17) is 26.8 Å². The summed E-state index contributed by atoms with van der Waals surface area (Å²) in [5.41, 5.74) is 1.81. The highest BCUT2D eigenvalue weighted by Gasteiger charge is 2.31. The standard InChI is InChI=1S/C23H22BrNO5S2/c1-2-29-19-12-15(8-9-18(19)30-14-16-5-3-6-17(24)11-16)13-20-22(28)25(23(31)32-20)10-4-7-21(26)27/h3,5-6,8-9,11-13H,2,4,7,10,14H2,1H3,(H,26,27)/b20-13+. The number of ether oxygens (including phenoxy) is 2. The molecule has 0 aromatic heterocycles. The van der Waals surface area contributed by atoms with Crippen molar-refractivity contribution in [3.05, 3.63) is 63.0 Å². The van der Waals surface area contributed by atoms with Crippen LogP contribution in [-0.4, -0.2) is 39.4 Å². The molecule has 3 rings (SSSR count). The van der Waals surface area contributed by atoms with Gasteiger partial charge in [-0.3, -0.25) is 14.5 Å². The Labute approximate surface area is 204 Å². The highest BCUT2D eigenvalue weighted by atomic mass is 79.9. The number of carbonyl (C=O) groups is 2. The molecule has 2 aromatic rings. The molecular formula is C23H22BrNO5S2. The quantitative estimate of drug-likeness (QED) is 0.318. The fourth-order valence-corrected chi connectivity index (χ4v) is 4.78. The van der Waals surface area contributed by atoms with Crippen LogP contribution in [0, 0.1) is 0 Å². The highest BCUT2D eigenvalue weighted by molar-refractivity contribution is 9.10. The molecule has 1 aliphatic heterocycles. The van der Waals surface area contributed by atoms with Gasteiger partial charge in [0.05, 0.1) is 11.5 Å². The smallest absolute Gasteiger partial charge is 0.303 e. The van der Waals surface area contributed by atoms with Gasteiger partial charge in [0.25, 0.3) is 5.91 Å². The van der Waals surface area contributed by atoms with E-state index in [-0.39, 0.29) is 12.3 Å². The van der Waals surface area contributed by atoms with Gasteiger partial charge in [-0.1, -0.05) is 58.1 Å². The predicted octanol–water partition coefficient (Wildman–Crippen LogP) is 5.49. The molecule has 32 heavy (non-hydrogen) atoms. The van der Waals surface area contributed by atoms with Crippen molar-refractivity contribution in [2.75, 3.05) is 13.2 Å². The Bertz CT molecular complexity index is 1060. The van der Waals surface area contributed by atoms with Crippen LogP contribution < -0.4 is 9.47 Å². The SMILES string of the molecule is CCOc1cc(/C=C2/SC(=S)N(CCCC(=O)O)C2=O)ccc1OCc1cccc(Br)c1. The molecule has 1 saturated heterocycles. The summed E-state index contributed by atoms with van der Waals surface area (Å²) in [4.78, 5) is 25.4. The topological polar surface area (TPSA) is 76.1 Å². The number of carboxylic acids is 1. The Morgan fingerprint density at radius 3 is 2.75 bits per heavy atom. The van der Waals surface area contributed by atoms with Gasteiger partial charge in [0, 0.05) is 17.4 Å². The fourth-order valence-electron chi connectivity index (χ4n) is 3.02.